The maximum absolute atomic E-state index is 13.5. The first-order valence-corrected chi connectivity index (χ1v) is 10.9. The second kappa shape index (κ2) is 7.06. The third-order valence-electron chi connectivity index (χ3n) is 7.00. The molecule has 0 aliphatic carbocycles. The zero-order valence-electron chi connectivity index (χ0n) is 17.7. The van der Waals surface area contributed by atoms with Crippen molar-refractivity contribution in [1.29, 1.82) is 0 Å². The predicted molar refractivity (Wildman–Crippen MR) is 117 cm³/mol. The molecule has 6 rings (SSSR count). The molecule has 3 aliphatic heterocycles. The lowest BCUT2D eigenvalue weighted by Gasteiger charge is -2.35. The molecule has 3 saturated heterocycles. The third kappa shape index (κ3) is 2.79. The number of likely N-dealkylation sites (tertiary alicyclic amines) is 1. The fraction of sp³-hybridized carbons (Fsp3) is 0.240. The van der Waals surface area contributed by atoms with E-state index in [1.165, 1.54) is 21.9 Å². The van der Waals surface area contributed by atoms with E-state index in [4.69, 9.17) is 0 Å². The summed E-state index contributed by atoms with van der Waals surface area (Å²) < 4.78 is 40.5. The number of carbonyl (C=O) groups is 3. The lowest BCUT2D eigenvalue weighted by molar-refractivity contribution is -0.138. The Balaban J connectivity index is 1.35. The standard InChI is InChI=1S/C25H18F3N3O3/c26-25(27,28)18-10-4-3-9-17(18)22(32)29-13-15-12-20(29)21-23(33)31(24(34)30(15)21)19-11-5-7-14-6-1-2-8-16(14)19/h1-11,15,20-21H,12-13H2/t15-,20?,21?/m1/s1. The number of urea groups is 1. The van der Waals surface area contributed by atoms with Crippen molar-refractivity contribution in [3.8, 4) is 0 Å². The summed E-state index contributed by atoms with van der Waals surface area (Å²) in [6.07, 6.45) is -4.31. The summed E-state index contributed by atoms with van der Waals surface area (Å²) in [6, 6.07) is 14.9. The molecular weight excluding hydrogens is 447 g/mol. The van der Waals surface area contributed by atoms with E-state index in [0.717, 1.165) is 27.8 Å². The van der Waals surface area contributed by atoms with Crippen LogP contribution in [0.2, 0.25) is 0 Å². The highest BCUT2D eigenvalue weighted by molar-refractivity contribution is 6.25. The van der Waals surface area contributed by atoms with Crippen LogP contribution in [0.4, 0.5) is 23.7 Å². The van der Waals surface area contributed by atoms with E-state index in [0.29, 0.717) is 12.1 Å². The number of benzene rings is 3. The second-order valence-corrected chi connectivity index (χ2v) is 8.76. The monoisotopic (exact) mass is 465 g/mol. The Morgan fingerprint density at radius 3 is 2.41 bits per heavy atom. The van der Waals surface area contributed by atoms with Gasteiger partial charge in [0.1, 0.15) is 6.04 Å². The van der Waals surface area contributed by atoms with E-state index in [1.807, 2.05) is 30.3 Å². The van der Waals surface area contributed by atoms with Gasteiger partial charge in [0.05, 0.1) is 28.9 Å². The second-order valence-electron chi connectivity index (χ2n) is 8.76. The number of carbonyl (C=O) groups excluding carboxylic acids is 3. The summed E-state index contributed by atoms with van der Waals surface area (Å²) in [5, 5.41) is 1.61. The van der Waals surface area contributed by atoms with Crippen LogP contribution in [-0.2, 0) is 11.0 Å². The average Bonchev–Trinajstić information content (AvgIpc) is 3.49. The molecule has 172 valence electrons. The van der Waals surface area contributed by atoms with Crippen molar-refractivity contribution in [2.45, 2.75) is 30.7 Å². The van der Waals surface area contributed by atoms with Gasteiger partial charge in [-0.1, -0.05) is 48.5 Å². The van der Waals surface area contributed by atoms with Gasteiger partial charge >= 0.3 is 12.2 Å². The van der Waals surface area contributed by atoms with Crippen molar-refractivity contribution in [2.75, 3.05) is 11.4 Å². The molecule has 34 heavy (non-hydrogen) atoms. The summed E-state index contributed by atoms with van der Waals surface area (Å²) in [7, 11) is 0. The van der Waals surface area contributed by atoms with Gasteiger partial charge in [0.25, 0.3) is 11.8 Å². The van der Waals surface area contributed by atoms with Crippen LogP contribution in [0, 0.1) is 0 Å². The summed E-state index contributed by atoms with van der Waals surface area (Å²) in [4.78, 5) is 44.0. The van der Waals surface area contributed by atoms with Crippen molar-refractivity contribution in [3.63, 3.8) is 0 Å². The molecule has 0 spiro atoms. The topological polar surface area (TPSA) is 60.9 Å². The number of hydrogen-bond acceptors (Lipinski definition) is 3. The van der Waals surface area contributed by atoms with Crippen LogP contribution in [0.15, 0.2) is 66.7 Å². The molecular formula is C25H18F3N3O3. The van der Waals surface area contributed by atoms with E-state index in [-0.39, 0.29) is 6.54 Å². The lowest BCUT2D eigenvalue weighted by Crippen LogP contribution is -2.55. The van der Waals surface area contributed by atoms with Gasteiger partial charge in [-0.05, 0) is 30.0 Å². The molecule has 2 bridgehead atoms. The Labute approximate surface area is 192 Å². The molecule has 2 unspecified atom stereocenters. The minimum Gasteiger partial charge on any atom is -0.331 e. The van der Waals surface area contributed by atoms with Gasteiger partial charge in [0.15, 0.2) is 0 Å². The Morgan fingerprint density at radius 1 is 0.912 bits per heavy atom. The first-order valence-electron chi connectivity index (χ1n) is 10.9. The zero-order valence-corrected chi connectivity index (χ0v) is 17.7. The van der Waals surface area contributed by atoms with Crippen molar-refractivity contribution < 1.29 is 27.6 Å². The molecule has 0 saturated carbocycles. The van der Waals surface area contributed by atoms with E-state index in [9.17, 15) is 27.6 Å². The van der Waals surface area contributed by atoms with Crippen LogP contribution in [-0.4, -0.2) is 52.3 Å². The first-order chi connectivity index (χ1) is 16.3. The molecule has 3 fully saturated rings. The number of nitrogens with zero attached hydrogens (tertiary/aromatic N) is 3. The van der Waals surface area contributed by atoms with Gasteiger partial charge in [-0.2, -0.15) is 13.2 Å². The number of anilines is 1. The summed E-state index contributed by atoms with van der Waals surface area (Å²) in [5.41, 5.74) is -0.996. The minimum atomic E-state index is -4.68. The number of halogens is 3. The molecule has 6 nitrogen and oxygen atoms in total. The quantitative estimate of drug-likeness (QED) is 0.531. The minimum absolute atomic E-state index is 0.0919. The Morgan fingerprint density at radius 2 is 1.62 bits per heavy atom. The van der Waals surface area contributed by atoms with Gasteiger partial charge in [0.2, 0.25) is 0 Å². The van der Waals surface area contributed by atoms with Gasteiger partial charge < -0.3 is 9.80 Å². The Kier molecular flexibility index (Phi) is 4.30. The van der Waals surface area contributed by atoms with Gasteiger partial charge in [0, 0.05) is 11.9 Å². The van der Waals surface area contributed by atoms with Gasteiger partial charge in [-0.3, -0.25) is 9.59 Å². The molecule has 3 aromatic rings. The van der Waals surface area contributed by atoms with Crippen LogP contribution in [0.5, 0.6) is 0 Å². The van der Waals surface area contributed by atoms with Crippen molar-refractivity contribution in [3.05, 3.63) is 77.9 Å². The number of alkyl halides is 3. The molecule has 0 aromatic heterocycles. The molecule has 3 atom stereocenters. The number of rotatable bonds is 2. The van der Waals surface area contributed by atoms with Crippen LogP contribution in [0.1, 0.15) is 22.3 Å². The third-order valence-corrected chi connectivity index (χ3v) is 7.00. The summed E-state index contributed by atoms with van der Waals surface area (Å²) in [5.74, 6) is -1.24. The van der Waals surface area contributed by atoms with E-state index >= 15 is 0 Å². The molecule has 0 radical (unpaired) electrons. The number of fused-ring (bicyclic) bond motifs is 6. The molecule has 3 heterocycles. The summed E-state index contributed by atoms with van der Waals surface area (Å²) >= 11 is 0. The predicted octanol–water partition coefficient (Wildman–Crippen LogP) is 4.29. The number of imide groups is 1. The smallest absolute Gasteiger partial charge is 0.331 e. The molecule has 0 N–H and O–H groups in total. The van der Waals surface area contributed by atoms with Gasteiger partial charge in [-0.25, -0.2) is 9.69 Å². The fourth-order valence-corrected chi connectivity index (χ4v) is 5.59. The highest BCUT2D eigenvalue weighted by Gasteiger charge is 2.63. The van der Waals surface area contributed by atoms with Crippen LogP contribution in [0.25, 0.3) is 10.8 Å². The van der Waals surface area contributed by atoms with Crippen LogP contribution >= 0.6 is 0 Å². The maximum Gasteiger partial charge on any atom is 0.417 e. The Hall–Kier alpha value is -3.88. The largest absolute Gasteiger partial charge is 0.417 e. The van der Waals surface area contributed by atoms with E-state index < -0.39 is 53.3 Å². The molecule has 9 heteroatoms. The molecule has 4 amide bonds. The number of amides is 4. The normalized spacial score (nSPS) is 23.9. The Bertz CT molecular complexity index is 1370. The lowest BCUT2D eigenvalue weighted by atomic mass is 10.0. The molecule has 3 aliphatic rings. The highest BCUT2D eigenvalue weighted by atomic mass is 19.4. The van der Waals surface area contributed by atoms with Crippen molar-refractivity contribution in [1.82, 2.24) is 9.80 Å². The van der Waals surface area contributed by atoms with Crippen molar-refractivity contribution >= 4 is 34.3 Å². The SMILES string of the molecule is O=C1C2C3C[C@H](CN3C(=O)c3ccccc3C(F)(F)F)N2C(=O)N1c1cccc2ccccc12. The van der Waals surface area contributed by atoms with E-state index in [2.05, 4.69) is 0 Å². The molecule has 3 aromatic carbocycles. The fourth-order valence-electron chi connectivity index (χ4n) is 5.59. The van der Waals surface area contributed by atoms with Crippen LogP contribution in [0.3, 0.4) is 0 Å². The first kappa shape index (κ1) is 20.7. The maximum atomic E-state index is 13.5. The van der Waals surface area contributed by atoms with E-state index in [1.54, 1.807) is 12.1 Å². The highest BCUT2D eigenvalue weighted by Crippen LogP contribution is 2.44. The summed E-state index contributed by atoms with van der Waals surface area (Å²) in [6.45, 7) is 0.0919. The van der Waals surface area contributed by atoms with Crippen LogP contribution < -0.4 is 4.90 Å². The van der Waals surface area contributed by atoms with Crippen molar-refractivity contribution in [2.24, 2.45) is 0 Å². The average molecular weight is 465 g/mol. The van der Waals surface area contributed by atoms with Gasteiger partial charge in [-0.15, -0.1) is 0 Å². The zero-order chi connectivity index (χ0) is 23.8. The number of piperazine rings is 1. The number of hydrogen-bond donors (Lipinski definition) is 0.